The van der Waals surface area contributed by atoms with Crippen LogP contribution in [-0.4, -0.2) is 12.5 Å². The van der Waals surface area contributed by atoms with E-state index in [4.69, 9.17) is 10.2 Å². The monoisotopic (exact) mass is 168 g/mol. The molecule has 1 heterocycles. The minimum Gasteiger partial charge on any atom is -0.468 e. The summed E-state index contributed by atoms with van der Waals surface area (Å²) in [4.78, 5) is 10.4. The predicted octanol–water partition coefficient (Wildman–Crippen LogP) is 0.416. The second-order valence-corrected chi connectivity index (χ2v) is 2.58. The van der Waals surface area contributed by atoms with E-state index >= 15 is 0 Å². The molecule has 0 unspecified atom stereocenters. The second kappa shape index (κ2) is 3.92. The molecular formula is C8H12N2O2. The van der Waals surface area contributed by atoms with Crippen molar-refractivity contribution in [3.63, 3.8) is 0 Å². The maximum absolute atomic E-state index is 10.4. The third-order valence-corrected chi connectivity index (χ3v) is 1.55. The smallest absolute Gasteiger partial charge is 0.231 e. The Morgan fingerprint density at radius 2 is 2.58 bits per heavy atom. The number of primary amides is 1. The summed E-state index contributed by atoms with van der Waals surface area (Å²) in [7, 11) is 0. The van der Waals surface area contributed by atoms with E-state index in [0.29, 0.717) is 0 Å². The molecule has 0 aliphatic rings. The SMILES string of the molecule is C[C@H](NCC(N)=O)c1ccco1. The van der Waals surface area contributed by atoms with Crippen molar-refractivity contribution >= 4 is 5.91 Å². The Bertz CT molecular complexity index is 244. The molecule has 1 aromatic heterocycles. The first kappa shape index (κ1) is 8.80. The van der Waals surface area contributed by atoms with E-state index in [1.165, 1.54) is 0 Å². The van der Waals surface area contributed by atoms with Crippen molar-refractivity contribution in [2.75, 3.05) is 6.54 Å². The van der Waals surface area contributed by atoms with E-state index in [2.05, 4.69) is 5.32 Å². The van der Waals surface area contributed by atoms with Gasteiger partial charge in [0.1, 0.15) is 5.76 Å². The van der Waals surface area contributed by atoms with E-state index in [1.807, 2.05) is 13.0 Å². The topological polar surface area (TPSA) is 68.3 Å². The zero-order valence-corrected chi connectivity index (χ0v) is 6.91. The van der Waals surface area contributed by atoms with Crippen LogP contribution in [0.2, 0.25) is 0 Å². The number of furan rings is 1. The maximum Gasteiger partial charge on any atom is 0.231 e. The Hall–Kier alpha value is -1.29. The summed E-state index contributed by atoms with van der Waals surface area (Å²) in [6, 6.07) is 3.67. The summed E-state index contributed by atoms with van der Waals surface area (Å²) in [5, 5.41) is 2.92. The third-order valence-electron chi connectivity index (χ3n) is 1.55. The maximum atomic E-state index is 10.4. The summed E-state index contributed by atoms with van der Waals surface area (Å²) in [5.74, 6) is 0.435. The van der Waals surface area contributed by atoms with Crippen LogP contribution in [0.15, 0.2) is 22.8 Å². The largest absolute Gasteiger partial charge is 0.468 e. The van der Waals surface area contributed by atoms with Gasteiger partial charge >= 0.3 is 0 Å². The molecule has 0 fully saturated rings. The van der Waals surface area contributed by atoms with Crippen LogP contribution in [0.25, 0.3) is 0 Å². The molecule has 4 nitrogen and oxygen atoms in total. The van der Waals surface area contributed by atoms with Crippen molar-refractivity contribution in [1.82, 2.24) is 5.32 Å². The number of hydrogen-bond donors (Lipinski definition) is 2. The molecule has 3 N–H and O–H groups in total. The lowest BCUT2D eigenvalue weighted by atomic mass is 10.2. The Morgan fingerprint density at radius 3 is 3.08 bits per heavy atom. The van der Waals surface area contributed by atoms with E-state index < -0.39 is 0 Å². The predicted molar refractivity (Wildman–Crippen MR) is 44.3 cm³/mol. The summed E-state index contributed by atoms with van der Waals surface area (Å²) in [5.41, 5.74) is 4.96. The molecule has 1 aromatic rings. The number of amides is 1. The van der Waals surface area contributed by atoms with Gasteiger partial charge in [0.15, 0.2) is 0 Å². The molecule has 0 saturated carbocycles. The number of carbonyl (C=O) groups excluding carboxylic acids is 1. The first-order valence-corrected chi connectivity index (χ1v) is 3.75. The second-order valence-electron chi connectivity index (χ2n) is 2.58. The highest BCUT2D eigenvalue weighted by molar-refractivity contribution is 5.75. The van der Waals surface area contributed by atoms with Crippen LogP contribution < -0.4 is 11.1 Å². The molecule has 0 aliphatic carbocycles. The van der Waals surface area contributed by atoms with Gasteiger partial charge in [0.25, 0.3) is 0 Å². The molecule has 4 heteroatoms. The van der Waals surface area contributed by atoms with E-state index in [-0.39, 0.29) is 18.5 Å². The fourth-order valence-electron chi connectivity index (χ4n) is 0.892. The van der Waals surface area contributed by atoms with Gasteiger partial charge in [-0.2, -0.15) is 0 Å². The van der Waals surface area contributed by atoms with Crippen LogP contribution in [0.3, 0.4) is 0 Å². The summed E-state index contributed by atoms with van der Waals surface area (Å²) >= 11 is 0. The zero-order valence-electron chi connectivity index (χ0n) is 6.91. The standard InChI is InChI=1S/C8H12N2O2/c1-6(10-5-8(9)11)7-3-2-4-12-7/h2-4,6,10H,5H2,1H3,(H2,9,11)/t6-/m0/s1. The molecule has 1 atom stereocenters. The van der Waals surface area contributed by atoms with Gasteiger partial charge in [0.2, 0.25) is 5.91 Å². The molecule has 12 heavy (non-hydrogen) atoms. The molecule has 1 amide bonds. The van der Waals surface area contributed by atoms with Crippen LogP contribution in [0.4, 0.5) is 0 Å². The summed E-state index contributed by atoms with van der Waals surface area (Å²) in [6.45, 7) is 2.07. The highest BCUT2D eigenvalue weighted by atomic mass is 16.3. The molecule has 1 rings (SSSR count). The normalized spacial score (nSPS) is 12.8. The third kappa shape index (κ3) is 2.39. The van der Waals surface area contributed by atoms with Crippen LogP contribution in [0.5, 0.6) is 0 Å². The van der Waals surface area contributed by atoms with E-state index in [1.54, 1.807) is 12.3 Å². The van der Waals surface area contributed by atoms with Crippen LogP contribution in [0, 0.1) is 0 Å². The number of carbonyl (C=O) groups is 1. The fourth-order valence-corrected chi connectivity index (χ4v) is 0.892. The van der Waals surface area contributed by atoms with Gasteiger partial charge < -0.3 is 10.2 Å². The Kier molecular flexibility index (Phi) is 2.88. The fraction of sp³-hybridized carbons (Fsp3) is 0.375. The van der Waals surface area contributed by atoms with E-state index in [9.17, 15) is 4.79 Å². The molecule has 0 radical (unpaired) electrons. The lowest BCUT2D eigenvalue weighted by Gasteiger charge is -2.08. The number of rotatable bonds is 4. The quantitative estimate of drug-likeness (QED) is 0.684. The summed E-state index contributed by atoms with van der Waals surface area (Å²) < 4.78 is 5.11. The van der Waals surface area contributed by atoms with Gasteiger partial charge in [0.05, 0.1) is 18.8 Å². The van der Waals surface area contributed by atoms with Crippen molar-refractivity contribution in [3.8, 4) is 0 Å². The molecular weight excluding hydrogens is 156 g/mol. The Morgan fingerprint density at radius 1 is 1.83 bits per heavy atom. The summed E-state index contributed by atoms with van der Waals surface area (Å²) in [6.07, 6.45) is 1.60. The highest BCUT2D eigenvalue weighted by Gasteiger charge is 2.07. The van der Waals surface area contributed by atoms with Crippen LogP contribution in [-0.2, 0) is 4.79 Å². The van der Waals surface area contributed by atoms with Gasteiger partial charge in [-0.3, -0.25) is 10.1 Å². The molecule has 66 valence electrons. The van der Waals surface area contributed by atoms with Gasteiger partial charge in [-0.1, -0.05) is 0 Å². The van der Waals surface area contributed by atoms with Crippen molar-refractivity contribution in [2.24, 2.45) is 5.73 Å². The molecule has 0 aliphatic heterocycles. The average Bonchev–Trinajstić information content (AvgIpc) is 2.51. The number of nitrogens with one attached hydrogen (secondary N) is 1. The average molecular weight is 168 g/mol. The van der Waals surface area contributed by atoms with Crippen LogP contribution in [0.1, 0.15) is 18.7 Å². The van der Waals surface area contributed by atoms with E-state index in [0.717, 1.165) is 5.76 Å². The molecule has 0 bridgehead atoms. The van der Waals surface area contributed by atoms with Crippen molar-refractivity contribution in [3.05, 3.63) is 24.2 Å². The van der Waals surface area contributed by atoms with Crippen molar-refractivity contribution < 1.29 is 9.21 Å². The lowest BCUT2D eigenvalue weighted by molar-refractivity contribution is -0.117. The minimum atomic E-state index is -0.367. The number of nitrogens with two attached hydrogens (primary N) is 1. The van der Waals surface area contributed by atoms with Gasteiger partial charge in [-0.25, -0.2) is 0 Å². The molecule has 0 aromatic carbocycles. The highest BCUT2D eigenvalue weighted by Crippen LogP contribution is 2.11. The minimum absolute atomic E-state index is 0.0208. The first-order chi connectivity index (χ1) is 5.70. The Balaban J connectivity index is 2.39. The number of hydrogen-bond acceptors (Lipinski definition) is 3. The molecule has 0 spiro atoms. The van der Waals surface area contributed by atoms with Gasteiger partial charge in [0, 0.05) is 0 Å². The van der Waals surface area contributed by atoms with Crippen molar-refractivity contribution in [2.45, 2.75) is 13.0 Å². The van der Waals surface area contributed by atoms with Gasteiger partial charge in [-0.15, -0.1) is 0 Å². The van der Waals surface area contributed by atoms with Gasteiger partial charge in [-0.05, 0) is 19.1 Å². The first-order valence-electron chi connectivity index (χ1n) is 3.75. The van der Waals surface area contributed by atoms with Crippen LogP contribution >= 0.6 is 0 Å². The zero-order chi connectivity index (χ0) is 8.97. The Labute approximate surface area is 70.7 Å². The molecule has 0 saturated heterocycles. The van der Waals surface area contributed by atoms with Crippen molar-refractivity contribution in [1.29, 1.82) is 0 Å². The lowest BCUT2D eigenvalue weighted by Crippen LogP contribution is -2.30.